The predicted molar refractivity (Wildman–Crippen MR) is 430 cm³/mol. The van der Waals surface area contributed by atoms with Crippen molar-refractivity contribution in [1.82, 2.24) is 95.4 Å². The number of furan rings is 1. The van der Waals surface area contributed by atoms with Gasteiger partial charge in [-0.2, -0.15) is 20.4 Å². The molecular formula is C67H88Br2ClN23O8S5. The highest BCUT2D eigenvalue weighted by atomic mass is 79.9. The first-order valence-electron chi connectivity index (χ1n) is 33.3. The van der Waals surface area contributed by atoms with Gasteiger partial charge in [-0.1, -0.05) is 11.6 Å². The normalized spacial score (nSPS) is 14.2. The lowest BCUT2D eigenvalue weighted by atomic mass is 10.1. The molecule has 4 saturated carbocycles. The number of thiophene rings is 3. The average Bonchev–Trinajstić information content (AvgIpc) is 1.60. The van der Waals surface area contributed by atoms with Gasteiger partial charge in [0.1, 0.15) is 30.9 Å². The molecule has 39 heteroatoms. The van der Waals surface area contributed by atoms with E-state index in [-0.39, 0.29) is 52.6 Å². The molecule has 0 saturated heterocycles. The number of anilines is 8. The van der Waals surface area contributed by atoms with Crippen LogP contribution in [-0.4, -0.2) is 133 Å². The Bertz CT molecular complexity index is 5390. The molecule has 31 nitrogen and oxygen atoms in total. The molecule has 570 valence electrons. The number of sulfonamides is 2. The summed E-state index contributed by atoms with van der Waals surface area (Å²) in [6.07, 6.45) is 17.5. The van der Waals surface area contributed by atoms with E-state index in [2.05, 4.69) is 149 Å². The highest BCUT2D eigenvalue weighted by Gasteiger charge is 2.30. The number of H-pyrrole nitrogens is 4. The highest BCUT2D eigenvalue weighted by molar-refractivity contribution is 9.11. The number of aliphatic hydroxyl groups is 1. The van der Waals surface area contributed by atoms with Crippen LogP contribution >= 0.6 is 77.5 Å². The van der Waals surface area contributed by atoms with Gasteiger partial charge in [-0.15, -0.1) is 34.0 Å². The summed E-state index contributed by atoms with van der Waals surface area (Å²) in [6, 6.07) is 21.6. The Kier molecular flexibility index (Phi) is 23.1. The van der Waals surface area contributed by atoms with Gasteiger partial charge in [0.15, 0.2) is 63.9 Å². The monoisotopic (exact) mass is 1700 g/mol. The summed E-state index contributed by atoms with van der Waals surface area (Å²) in [6.45, 7) is 8.38. The Morgan fingerprint density at radius 1 is 0.566 bits per heavy atom. The quantitative estimate of drug-likeness (QED) is 0.0187. The SMILES string of the molecule is CC(=O)NCCNS(=O)(=O)c1ccc(-c2ncc(Br)c(Nc3cc(C4CC4)[nH]n3)n2)s1.CC(=O)c1ccc(-c2ncc(Br)c(Nc3cc(C4CC4)[nH]n3)n2)s1.CC(C)(C)NS(=O)(=O)c1ccc(-c2ncc(CO)c(Nc3cc(C4CC4)[nH]n3)n2)s1.Clc1cnc(-c2ccco2)nc1Nc1cc(C2CC2)[nH]n1.[HH].[HH].[HH].[HH].[HH].[HH].[HH].[HH].[HH]. The van der Waals surface area contributed by atoms with E-state index in [0.717, 1.165) is 73.5 Å². The van der Waals surface area contributed by atoms with Gasteiger partial charge in [-0.25, -0.2) is 66.2 Å². The minimum atomic E-state index is -3.69. The first kappa shape index (κ1) is 75.2. The van der Waals surface area contributed by atoms with Crippen molar-refractivity contribution in [2.45, 2.75) is 130 Å². The molecule has 0 aliphatic heterocycles. The molecule has 4 aliphatic carbocycles. The van der Waals surface area contributed by atoms with E-state index < -0.39 is 25.6 Å². The van der Waals surface area contributed by atoms with Crippen LogP contribution in [0.4, 0.5) is 46.5 Å². The summed E-state index contributed by atoms with van der Waals surface area (Å²) in [7, 11) is -7.32. The second-order valence-electron chi connectivity index (χ2n) is 26.0. The lowest BCUT2D eigenvalue weighted by molar-refractivity contribution is -0.118. The molecule has 12 N–H and O–H groups in total. The fourth-order valence-corrected chi connectivity index (χ4v) is 16.7. The van der Waals surface area contributed by atoms with Gasteiger partial charge in [0.05, 0.1) is 47.5 Å². The minimum absolute atomic E-state index is 0. The summed E-state index contributed by atoms with van der Waals surface area (Å²) < 4.78 is 62.2. The average molecular weight is 1700 g/mol. The molecule has 0 unspecified atom stereocenters. The number of carbonyl (C=O) groups is 2. The van der Waals surface area contributed by atoms with E-state index in [0.29, 0.717) is 123 Å². The maximum atomic E-state index is 12.6. The maximum absolute atomic E-state index is 12.6. The van der Waals surface area contributed by atoms with Crippen molar-refractivity contribution in [3.63, 3.8) is 0 Å². The van der Waals surface area contributed by atoms with E-state index >= 15 is 0 Å². The van der Waals surface area contributed by atoms with Crippen molar-refractivity contribution in [3.05, 3.63) is 151 Å². The lowest BCUT2D eigenvalue weighted by Crippen LogP contribution is -2.40. The number of halogens is 3. The van der Waals surface area contributed by atoms with Crippen LogP contribution in [0, 0.1) is 0 Å². The maximum Gasteiger partial charge on any atom is 0.250 e. The summed E-state index contributed by atoms with van der Waals surface area (Å²) in [4.78, 5) is 60.2. The molecule has 1 amide bonds. The van der Waals surface area contributed by atoms with Crippen molar-refractivity contribution in [3.8, 4) is 43.7 Å². The third-order valence-electron chi connectivity index (χ3n) is 16.0. The van der Waals surface area contributed by atoms with Gasteiger partial charge >= 0.3 is 0 Å². The minimum Gasteiger partial charge on any atom is -0.461 e. The molecule has 4 aliphatic rings. The van der Waals surface area contributed by atoms with Crippen LogP contribution in [0.5, 0.6) is 0 Å². The molecule has 4 fully saturated rings. The molecule has 0 aromatic carbocycles. The number of hydrogen-bond donors (Lipinski definition) is 12. The summed E-state index contributed by atoms with van der Waals surface area (Å²) in [5.41, 5.74) is 4.43. The fraction of sp³-hybridized carbons (Fsp3) is 0.313. The Labute approximate surface area is 654 Å². The molecule has 106 heavy (non-hydrogen) atoms. The first-order valence-corrected chi connectivity index (χ1v) is 40.7. The molecule has 12 aromatic rings. The third kappa shape index (κ3) is 19.9. The predicted octanol–water partition coefficient (Wildman–Crippen LogP) is 16.3. The topological polar surface area (TPSA) is 438 Å². The van der Waals surface area contributed by atoms with Gasteiger partial charge in [0, 0.05) is 133 Å². The van der Waals surface area contributed by atoms with Crippen LogP contribution < -0.4 is 36.0 Å². The van der Waals surface area contributed by atoms with Crippen molar-refractivity contribution >= 4 is 156 Å². The van der Waals surface area contributed by atoms with Crippen LogP contribution in [-0.2, 0) is 31.4 Å². The van der Waals surface area contributed by atoms with E-state index in [1.807, 2.05) is 30.3 Å². The van der Waals surface area contributed by atoms with Crippen molar-refractivity contribution < 1.29 is 48.8 Å². The number of ketones is 1. The van der Waals surface area contributed by atoms with E-state index in [9.17, 15) is 31.5 Å². The van der Waals surface area contributed by atoms with Gasteiger partial charge in [0.25, 0.3) is 10.0 Å². The van der Waals surface area contributed by atoms with E-state index in [1.165, 1.54) is 69.0 Å². The first-order chi connectivity index (χ1) is 50.8. The van der Waals surface area contributed by atoms with Crippen LogP contribution in [0.3, 0.4) is 0 Å². The zero-order valence-electron chi connectivity index (χ0n) is 57.2. The summed E-state index contributed by atoms with van der Waals surface area (Å²) in [5.74, 6) is 9.40. The number of aliphatic hydroxyl groups excluding tert-OH is 1. The molecule has 0 spiro atoms. The van der Waals surface area contributed by atoms with Gasteiger partial charge in [0.2, 0.25) is 15.9 Å². The van der Waals surface area contributed by atoms with Gasteiger partial charge in [-0.3, -0.25) is 30.0 Å². The second-order valence-corrected chi connectivity index (χ2v) is 35.3. The van der Waals surface area contributed by atoms with Crippen molar-refractivity contribution in [2.24, 2.45) is 0 Å². The summed E-state index contributed by atoms with van der Waals surface area (Å²) in [5, 5.41) is 54.4. The largest absolute Gasteiger partial charge is 0.461 e. The van der Waals surface area contributed by atoms with Gasteiger partial charge in [-0.05, 0) is 159 Å². The molecule has 16 rings (SSSR count). The number of Topliss-reactive ketones (excluding diaryl/α,β-unsaturated/α-hetero) is 1. The highest BCUT2D eigenvalue weighted by Crippen LogP contribution is 2.44. The standard InChI is InChI=1S/C19H24N6O3S2.C18H20BrN7O3S2.C16H14BrN5OS.C14H12ClN5O.9H2/c1-19(2,3)25-30(27,28)16-7-6-14(29-16)18-20-9-12(10-26)17(22-18)21-15-8-13(23-24-15)11-4-5-11;1-10(27)20-6-7-22-31(28,29)16-5-4-14(30-16)18-21-9-12(19)17(24-18)23-15-8-13(25-26-15)11-2-3-11;1-8(23)12-4-5-13(24-12)16-18-7-10(17)15(20-16)19-14-6-11(21-22-14)9-2-3-9;15-9-7-16-14(11-2-1-5-21-11)18-13(9)17-12-6-10(19-20-12)8-3-4-8;;;;;;;;;/h6-9,11,25-26H,4-5,10H2,1-3H3,(H2,20,21,22,23,24);4-5,8-9,11,22H,2-3,6-7H2,1H3,(H,20,27)(H2,21,23,24,25,26);4-7,9H,2-3H2,1H3,(H2,18,19,20,21,22);1-2,5-8H,3-4H2,(H2,16,17,18,19,20);9*1H. The smallest absolute Gasteiger partial charge is 0.250 e. The van der Waals surface area contributed by atoms with Gasteiger partial charge < -0.3 is 36.1 Å². The lowest BCUT2D eigenvalue weighted by Gasteiger charge is -2.19. The molecule has 12 aromatic heterocycles. The molecule has 0 bridgehead atoms. The van der Waals surface area contributed by atoms with E-state index in [4.69, 9.17) is 16.0 Å². The second kappa shape index (κ2) is 32.6. The fourth-order valence-electron chi connectivity index (χ4n) is 10.1. The van der Waals surface area contributed by atoms with Crippen LogP contribution in [0.1, 0.15) is 161 Å². The van der Waals surface area contributed by atoms with Crippen LogP contribution in [0.25, 0.3) is 43.7 Å². The van der Waals surface area contributed by atoms with E-state index in [1.54, 1.807) is 88.9 Å². The van der Waals surface area contributed by atoms with Crippen LogP contribution in [0.15, 0.2) is 126 Å². The summed E-state index contributed by atoms with van der Waals surface area (Å²) >= 11 is 16.6. The molecular weight excluding hydrogens is 1610 g/mol. The number of aromatic nitrogens is 16. The number of nitrogens with one attached hydrogen (secondary N) is 11. The Hall–Kier alpha value is -9.09. The third-order valence-corrected chi connectivity index (χ3v) is 25.0. The zero-order valence-corrected chi connectivity index (χ0v) is 65.3. The Morgan fingerprint density at radius 2 is 0.991 bits per heavy atom. The molecule has 0 atom stereocenters. The number of amides is 1. The zero-order chi connectivity index (χ0) is 74.4. The van der Waals surface area contributed by atoms with Crippen molar-refractivity contribution in [1.29, 1.82) is 0 Å². The Balaban J connectivity index is 0.000000317. The number of carbonyl (C=O) groups excluding carboxylic acids is 2. The van der Waals surface area contributed by atoms with Crippen molar-refractivity contribution in [2.75, 3.05) is 34.4 Å². The van der Waals surface area contributed by atoms with Crippen LogP contribution in [0.2, 0.25) is 5.02 Å². The number of rotatable bonds is 25. The molecule has 0 radical (unpaired) electrons. The number of nitrogens with zero attached hydrogens (tertiary/aromatic N) is 12. The number of hydrogen-bond acceptors (Lipinski definition) is 27. The number of aromatic amines is 4. The Morgan fingerprint density at radius 3 is 1.42 bits per heavy atom. The molecule has 12 heterocycles.